The quantitative estimate of drug-likeness (QED) is 0.495. The largest absolute Gasteiger partial charge is 0.337 e. The Morgan fingerprint density at radius 2 is 1.84 bits per heavy atom. The van der Waals surface area contributed by atoms with Crippen molar-refractivity contribution >= 4 is 17.2 Å². The first-order chi connectivity index (χ1) is 15.3. The molecule has 1 aliphatic rings. The van der Waals surface area contributed by atoms with Gasteiger partial charge in [-0.05, 0) is 64.5 Å². The summed E-state index contributed by atoms with van der Waals surface area (Å²) in [5.41, 5.74) is 4.19. The molecule has 1 aliphatic heterocycles. The lowest BCUT2D eigenvalue weighted by atomic mass is 10.0. The van der Waals surface area contributed by atoms with E-state index in [2.05, 4.69) is 27.0 Å². The Balaban J connectivity index is 1.49. The molecule has 0 spiro atoms. The topological polar surface area (TPSA) is 71.0 Å². The van der Waals surface area contributed by atoms with Crippen LogP contribution in [0.4, 0.5) is 4.39 Å². The molecule has 0 N–H and O–H groups in total. The Bertz CT molecular complexity index is 1330. The number of halogens is 1. The van der Waals surface area contributed by atoms with E-state index in [4.69, 9.17) is 0 Å². The van der Waals surface area contributed by atoms with Crippen molar-refractivity contribution in [2.45, 2.75) is 32.7 Å². The molecule has 0 saturated carbocycles. The van der Waals surface area contributed by atoms with Gasteiger partial charge in [-0.25, -0.2) is 18.9 Å². The first kappa shape index (κ1) is 20.6. The highest BCUT2D eigenvalue weighted by Gasteiger charge is 2.26. The molecule has 1 fully saturated rings. The maximum absolute atomic E-state index is 15.0. The number of hydrogen-bond acceptors (Lipinski definition) is 5. The summed E-state index contributed by atoms with van der Waals surface area (Å²) in [6.45, 7) is 5.78. The van der Waals surface area contributed by atoms with E-state index < -0.39 is 5.82 Å². The average Bonchev–Trinajstić information content (AvgIpc) is 3.37. The van der Waals surface area contributed by atoms with Crippen LogP contribution in [0, 0.1) is 19.7 Å². The first-order valence-electron chi connectivity index (χ1n) is 10.8. The molecule has 0 bridgehead atoms. The van der Waals surface area contributed by atoms with E-state index in [1.54, 1.807) is 33.3 Å². The number of carbonyl (C=O) groups is 1. The molecule has 4 aromatic heterocycles. The second kappa shape index (κ2) is 7.67. The zero-order chi connectivity index (χ0) is 22.6. The molecule has 1 saturated heterocycles. The lowest BCUT2D eigenvalue weighted by Crippen LogP contribution is -2.44. The zero-order valence-corrected chi connectivity index (χ0v) is 18.7. The third kappa shape index (κ3) is 3.52. The van der Waals surface area contributed by atoms with Crippen molar-refractivity contribution in [3.05, 3.63) is 53.5 Å². The van der Waals surface area contributed by atoms with Gasteiger partial charge in [-0.2, -0.15) is 5.10 Å². The maximum Gasteiger partial charge on any atom is 0.274 e. The van der Waals surface area contributed by atoms with Crippen LogP contribution in [0.1, 0.15) is 34.6 Å². The molecule has 5 rings (SSSR count). The van der Waals surface area contributed by atoms with Crippen molar-refractivity contribution < 1.29 is 9.18 Å². The minimum Gasteiger partial charge on any atom is -0.337 e. The number of carbonyl (C=O) groups excluding carboxylic acids is 1. The van der Waals surface area contributed by atoms with Crippen molar-refractivity contribution in [2.75, 3.05) is 27.2 Å². The van der Waals surface area contributed by atoms with Gasteiger partial charge in [-0.3, -0.25) is 4.79 Å². The molecule has 0 aromatic carbocycles. The highest BCUT2D eigenvalue weighted by Crippen LogP contribution is 2.24. The van der Waals surface area contributed by atoms with E-state index in [1.807, 2.05) is 26.1 Å². The molecule has 0 aliphatic carbocycles. The number of hydrogen-bond donors (Lipinski definition) is 0. The van der Waals surface area contributed by atoms with Gasteiger partial charge < -0.3 is 14.2 Å². The van der Waals surface area contributed by atoms with Crippen LogP contribution < -0.4 is 0 Å². The predicted molar refractivity (Wildman–Crippen MR) is 119 cm³/mol. The second-order valence-electron chi connectivity index (χ2n) is 8.75. The van der Waals surface area contributed by atoms with Crippen LogP contribution in [0.15, 0.2) is 30.7 Å². The Morgan fingerprint density at radius 1 is 1.09 bits per heavy atom. The maximum atomic E-state index is 15.0. The summed E-state index contributed by atoms with van der Waals surface area (Å²) in [5.74, 6) is -0.682. The molecule has 1 amide bonds. The standard InChI is InChI=1S/C23H26FN7O/c1-14-9-19(27-31-11-15(2)25-21(14)31)16-10-18(24)22-26-20(13-30(22)12-16)23(32)29(4)17-5-7-28(3)8-6-17/h9-13,17H,5-8H2,1-4H3. The molecule has 0 unspecified atom stereocenters. The predicted octanol–water partition coefficient (Wildman–Crippen LogP) is 2.97. The first-order valence-corrected chi connectivity index (χ1v) is 10.8. The molecule has 166 valence electrons. The number of pyridine rings is 1. The Hall–Kier alpha value is -3.33. The van der Waals surface area contributed by atoms with Gasteiger partial charge in [0.2, 0.25) is 0 Å². The Labute approximate surface area is 185 Å². The molecule has 0 atom stereocenters. The second-order valence-corrected chi connectivity index (χ2v) is 8.75. The van der Waals surface area contributed by atoms with Crippen molar-refractivity contribution in [3.8, 4) is 11.3 Å². The number of piperidine rings is 1. The van der Waals surface area contributed by atoms with Gasteiger partial charge in [0.05, 0.1) is 17.6 Å². The summed E-state index contributed by atoms with van der Waals surface area (Å²) in [5, 5.41) is 4.59. The monoisotopic (exact) mass is 435 g/mol. The Morgan fingerprint density at radius 3 is 2.59 bits per heavy atom. The van der Waals surface area contributed by atoms with E-state index in [0.717, 1.165) is 42.8 Å². The summed E-state index contributed by atoms with van der Waals surface area (Å²) in [6.07, 6.45) is 7.04. The molecule has 8 nitrogen and oxygen atoms in total. The molecule has 32 heavy (non-hydrogen) atoms. The summed E-state index contributed by atoms with van der Waals surface area (Å²) in [7, 11) is 3.89. The van der Waals surface area contributed by atoms with Crippen LogP contribution in [0.5, 0.6) is 0 Å². The van der Waals surface area contributed by atoms with Crippen molar-refractivity contribution in [2.24, 2.45) is 0 Å². The number of nitrogens with zero attached hydrogens (tertiary/aromatic N) is 7. The third-order valence-electron chi connectivity index (χ3n) is 6.31. The minimum atomic E-state index is -0.496. The van der Waals surface area contributed by atoms with Gasteiger partial charge in [0, 0.05) is 31.0 Å². The minimum absolute atomic E-state index is 0.130. The molecular formula is C23H26FN7O. The fourth-order valence-electron chi connectivity index (χ4n) is 4.41. The number of fused-ring (bicyclic) bond motifs is 2. The number of aryl methyl sites for hydroxylation is 2. The zero-order valence-electron chi connectivity index (χ0n) is 18.7. The number of imidazole rings is 2. The van der Waals surface area contributed by atoms with Crippen LogP contribution in [-0.4, -0.2) is 72.9 Å². The summed E-state index contributed by atoms with van der Waals surface area (Å²) < 4.78 is 18.2. The van der Waals surface area contributed by atoms with Gasteiger partial charge >= 0.3 is 0 Å². The lowest BCUT2D eigenvalue weighted by Gasteiger charge is -2.34. The summed E-state index contributed by atoms with van der Waals surface area (Å²) >= 11 is 0. The van der Waals surface area contributed by atoms with Crippen LogP contribution in [-0.2, 0) is 0 Å². The highest BCUT2D eigenvalue weighted by molar-refractivity contribution is 5.93. The number of amides is 1. The number of likely N-dealkylation sites (tertiary alicyclic amines) is 1. The van der Waals surface area contributed by atoms with E-state index in [9.17, 15) is 9.18 Å². The average molecular weight is 436 g/mol. The Kier molecular flexibility index (Phi) is 4.93. The molecule has 0 radical (unpaired) electrons. The van der Waals surface area contributed by atoms with Gasteiger partial charge in [0.15, 0.2) is 17.1 Å². The lowest BCUT2D eigenvalue weighted by molar-refractivity contribution is 0.0654. The molecular weight excluding hydrogens is 409 g/mol. The van der Waals surface area contributed by atoms with E-state index in [1.165, 1.54) is 6.07 Å². The van der Waals surface area contributed by atoms with Gasteiger partial charge in [-0.15, -0.1) is 0 Å². The van der Waals surface area contributed by atoms with Crippen molar-refractivity contribution in [1.29, 1.82) is 0 Å². The molecule has 5 heterocycles. The fraction of sp³-hybridized carbons (Fsp3) is 0.391. The van der Waals surface area contributed by atoms with Crippen molar-refractivity contribution in [3.63, 3.8) is 0 Å². The third-order valence-corrected chi connectivity index (χ3v) is 6.31. The summed E-state index contributed by atoms with van der Waals surface area (Å²) in [4.78, 5) is 25.8. The number of rotatable bonds is 3. The van der Waals surface area contributed by atoms with E-state index in [-0.39, 0.29) is 23.3 Å². The summed E-state index contributed by atoms with van der Waals surface area (Å²) in [6, 6.07) is 3.47. The van der Waals surface area contributed by atoms with Gasteiger partial charge in [-0.1, -0.05) is 0 Å². The van der Waals surface area contributed by atoms with Crippen LogP contribution >= 0.6 is 0 Å². The highest BCUT2D eigenvalue weighted by atomic mass is 19.1. The van der Waals surface area contributed by atoms with Gasteiger partial charge in [0.25, 0.3) is 5.91 Å². The van der Waals surface area contributed by atoms with Crippen LogP contribution in [0.25, 0.3) is 22.6 Å². The fourth-order valence-corrected chi connectivity index (χ4v) is 4.41. The molecule has 4 aromatic rings. The smallest absolute Gasteiger partial charge is 0.274 e. The van der Waals surface area contributed by atoms with Crippen LogP contribution in [0.2, 0.25) is 0 Å². The van der Waals surface area contributed by atoms with Gasteiger partial charge in [0.1, 0.15) is 5.69 Å². The normalized spacial score (nSPS) is 15.7. The molecule has 9 heteroatoms. The van der Waals surface area contributed by atoms with Crippen LogP contribution in [0.3, 0.4) is 0 Å². The van der Waals surface area contributed by atoms with E-state index in [0.29, 0.717) is 11.3 Å². The SMILES string of the molecule is Cc1cn2nc(-c3cc(F)c4nc(C(=O)N(C)C5CCN(C)CC5)cn4c3)cc(C)c2n1. The van der Waals surface area contributed by atoms with Crippen molar-refractivity contribution in [1.82, 2.24) is 33.8 Å². The number of aromatic nitrogens is 5. The van der Waals surface area contributed by atoms with E-state index >= 15 is 0 Å².